The fourth-order valence-corrected chi connectivity index (χ4v) is 2.11. The molecule has 0 atom stereocenters. The number of nitrogens with zero attached hydrogens (tertiary/aromatic N) is 4. The monoisotopic (exact) mass is 253 g/mol. The SMILES string of the molecule is CNCc1ccc(-n2nnc3ccccc32)nc1C. The van der Waals surface area contributed by atoms with E-state index in [1.807, 2.05) is 44.3 Å². The van der Waals surface area contributed by atoms with Gasteiger partial charge in [-0.15, -0.1) is 5.10 Å². The number of fused-ring (bicyclic) bond motifs is 1. The molecule has 0 spiro atoms. The first-order valence-electron chi connectivity index (χ1n) is 6.21. The van der Waals surface area contributed by atoms with Crippen molar-refractivity contribution in [1.82, 2.24) is 25.3 Å². The van der Waals surface area contributed by atoms with E-state index in [0.29, 0.717) is 0 Å². The van der Waals surface area contributed by atoms with Crippen LogP contribution >= 0.6 is 0 Å². The van der Waals surface area contributed by atoms with E-state index < -0.39 is 0 Å². The van der Waals surface area contributed by atoms with Crippen LogP contribution in [0.2, 0.25) is 0 Å². The Morgan fingerprint density at radius 2 is 2.00 bits per heavy atom. The molecule has 1 N–H and O–H groups in total. The molecule has 3 aromatic rings. The molecule has 0 amide bonds. The summed E-state index contributed by atoms with van der Waals surface area (Å²) in [6.45, 7) is 2.83. The summed E-state index contributed by atoms with van der Waals surface area (Å²) in [6.07, 6.45) is 0. The molecule has 0 aliphatic rings. The van der Waals surface area contributed by atoms with Crippen molar-refractivity contribution >= 4 is 11.0 Å². The Balaban J connectivity index is 2.09. The molecule has 96 valence electrons. The summed E-state index contributed by atoms with van der Waals surface area (Å²) in [5, 5.41) is 11.4. The van der Waals surface area contributed by atoms with Gasteiger partial charge in [-0.05, 0) is 37.7 Å². The lowest BCUT2D eigenvalue weighted by Gasteiger charge is -2.07. The van der Waals surface area contributed by atoms with Crippen molar-refractivity contribution in [3.8, 4) is 5.82 Å². The van der Waals surface area contributed by atoms with Gasteiger partial charge >= 0.3 is 0 Å². The molecular formula is C14H15N5. The molecule has 0 saturated heterocycles. The largest absolute Gasteiger partial charge is 0.316 e. The summed E-state index contributed by atoms with van der Waals surface area (Å²) in [6, 6.07) is 11.9. The molecule has 0 radical (unpaired) electrons. The molecule has 0 unspecified atom stereocenters. The van der Waals surface area contributed by atoms with Crippen LogP contribution in [-0.2, 0) is 6.54 Å². The molecule has 2 aromatic heterocycles. The Bertz CT molecular complexity index is 717. The molecule has 0 fully saturated rings. The molecule has 0 aliphatic carbocycles. The number of benzene rings is 1. The fourth-order valence-electron chi connectivity index (χ4n) is 2.11. The van der Waals surface area contributed by atoms with E-state index in [9.17, 15) is 0 Å². The highest BCUT2D eigenvalue weighted by atomic mass is 15.4. The van der Waals surface area contributed by atoms with E-state index in [1.165, 1.54) is 5.56 Å². The third kappa shape index (κ3) is 2.08. The van der Waals surface area contributed by atoms with Crippen molar-refractivity contribution < 1.29 is 0 Å². The van der Waals surface area contributed by atoms with Crippen molar-refractivity contribution in [3.05, 3.63) is 47.7 Å². The lowest BCUT2D eigenvalue weighted by Crippen LogP contribution is -2.09. The van der Waals surface area contributed by atoms with Gasteiger partial charge in [-0.3, -0.25) is 0 Å². The van der Waals surface area contributed by atoms with Gasteiger partial charge in [0.05, 0.1) is 5.52 Å². The van der Waals surface area contributed by atoms with Crippen LogP contribution in [0.4, 0.5) is 0 Å². The summed E-state index contributed by atoms with van der Waals surface area (Å²) in [4.78, 5) is 4.60. The van der Waals surface area contributed by atoms with Crippen molar-refractivity contribution in [2.45, 2.75) is 13.5 Å². The molecule has 0 bridgehead atoms. The minimum absolute atomic E-state index is 0.797. The van der Waals surface area contributed by atoms with Gasteiger partial charge in [0.25, 0.3) is 0 Å². The number of aromatic nitrogens is 4. The molecule has 5 nitrogen and oxygen atoms in total. The number of hydrogen-bond donors (Lipinski definition) is 1. The average Bonchev–Trinajstić information content (AvgIpc) is 2.85. The predicted octanol–water partition coefficient (Wildman–Crippen LogP) is 1.84. The van der Waals surface area contributed by atoms with E-state index in [4.69, 9.17) is 0 Å². The van der Waals surface area contributed by atoms with E-state index in [-0.39, 0.29) is 0 Å². The molecule has 5 heteroatoms. The number of pyridine rings is 1. The average molecular weight is 253 g/mol. The zero-order chi connectivity index (χ0) is 13.2. The van der Waals surface area contributed by atoms with E-state index in [1.54, 1.807) is 4.68 Å². The molecule has 2 heterocycles. The quantitative estimate of drug-likeness (QED) is 0.774. The van der Waals surface area contributed by atoms with Crippen LogP contribution in [0.1, 0.15) is 11.3 Å². The Morgan fingerprint density at radius 3 is 2.79 bits per heavy atom. The van der Waals surface area contributed by atoms with Crippen LogP contribution in [0.3, 0.4) is 0 Å². The van der Waals surface area contributed by atoms with Crippen LogP contribution < -0.4 is 5.32 Å². The standard InChI is InChI=1S/C14H15N5/c1-10-11(9-15-2)7-8-14(16-10)19-13-6-4-3-5-12(13)17-18-19/h3-8,15H,9H2,1-2H3. The number of hydrogen-bond acceptors (Lipinski definition) is 4. The van der Waals surface area contributed by atoms with Gasteiger partial charge in [0.2, 0.25) is 0 Å². The lowest BCUT2D eigenvalue weighted by atomic mass is 10.2. The Kier molecular flexibility index (Phi) is 2.97. The molecule has 0 aliphatic heterocycles. The predicted molar refractivity (Wildman–Crippen MR) is 74.2 cm³/mol. The molecular weight excluding hydrogens is 238 g/mol. The van der Waals surface area contributed by atoms with Gasteiger partial charge in [-0.2, -0.15) is 4.68 Å². The number of nitrogens with one attached hydrogen (secondary N) is 1. The second-order valence-electron chi connectivity index (χ2n) is 4.43. The summed E-state index contributed by atoms with van der Waals surface area (Å²) >= 11 is 0. The van der Waals surface area contributed by atoms with Crippen LogP contribution in [-0.4, -0.2) is 27.0 Å². The van der Waals surface area contributed by atoms with Gasteiger partial charge in [-0.1, -0.05) is 23.4 Å². The maximum absolute atomic E-state index is 4.60. The maximum atomic E-state index is 4.60. The first-order valence-corrected chi connectivity index (χ1v) is 6.21. The highest BCUT2D eigenvalue weighted by Crippen LogP contribution is 2.16. The van der Waals surface area contributed by atoms with Crippen molar-refractivity contribution in [2.75, 3.05) is 7.05 Å². The van der Waals surface area contributed by atoms with Gasteiger partial charge in [-0.25, -0.2) is 4.98 Å². The van der Waals surface area contributed by atoms with Gasteiger partial charge in [0.1, 0.15) is 5.52 Å². The third-order valence-electron chi connectivity index (χ3n) is 3.12. The van der Waals surface area contributed by atoms with Crippen LogP contribution in [0.15, 0.2) is 36.4 Å². The fraction of sp³-hybridized carbons (Fsp3) is 0.214. The third-order valence-corrected chi connectivity index (χ3v) is 3.12. The van der Waals surface area contributed by atoms with Crippen molar-refractivity contribution in [3.63, 3.8) is 0 Å². The number of para-hydroxylation sites is 1. The normalized spacial score (nSPS) is 11.1. The van der Waals surface area contributed by atoms with Gasteiger partial charge in [0.15, 0.2) is 5.82 Å². The van der Waals surface area contributed by atoms with Gasteiger partial charge < -0.3 is 5.32 Å². The zero-order valence-corrected chi connectivity index (χ0v) is 11.0. The minimum atomic E-state index is 0.797. The number of rotatable bonds is 3. The second-order valence-corrected chi connectivity index (χ2v) is 4.43. The lowest BCUT2D eigenvalue weighted by molar-refractivity contribution is 0.777. The summed E-state index contributed by atoms with van der Waals surface area (Å²) in [5.41, 5.74) is 4.04. The first-order chi connectivity index (χ1) is 9.29. The summed E-state index contributed by atoms with van der Waals surface area (Å²) in [5.74, 6) is 0.797. The minimum Gasteiger partial charge on any atom is -0.316 e. The van der Waals surface area contributed by atoms with E-state index >= 15 is 0 Å². The molecule has 0 saturated carbocycles. The summed E-state index contributed by atoms with van der Waals surface area (Å²) in [7, 11) is 1.93. The smallest absolute Gasteiger partial charge is 0.156 e. The first kappa shape index (κ1) is 11.8. The molecule has 19 heavy (non-hydrogen) atoms. The topological polar surface area (TPSA) is 55.6 Å². The zero-order valence-electron chi connectivity index (χ0n) is 11.0. The van der Waals surface area contributed by atoms with Crippen LogP contribution in [0.25, 0.3) is 16.9 Å². The van der Waals surface area contributed by atoms with Crippen molar-refractivity contribution in [1.29, 1.82) is 0 Å². The highest BCUT2D eigenvalue weighted by molar-refractivity contribution is 5.75. The van der Waals surface area contributed by atoms with Crippen LogP contribution in [0, 0.1) is 6.92 Å². The van der Waals surface area contributed by atoms with E-state index in [2.05, 4.69) is 26.7 Å². The Hall–Kier alpha value is -2.27. The maximum Gasteiger partial charge on any atom is 0.156 e. The Morgan fingerprint density at radius 1 is 1.16 bits per heavy atom. The van der Waals surface area contributed by atoms with E-state index in [0.717, 1.165) is 29.1 Å². The molecule has 3 rings (SSSR count). The highest BCUT2D eigenvalue weighted by Gasteiger charge is 2.08. The Labute approximate surface area is 111 Å². The summed E-state index contributed by atoms with van der Waals surface area (Å²) < 4.78 is 1.77. The van der Waals surface area contributed by atoms with Gasteiger partial charge in [0, 0.05) is 12.2 Å². The second kappa shape index (κ2) is 4.78. The number of aryl methyl sites for hydroxylation is 1. The van der Waals surface area contributed by atoms with Crippen molar-refractivity contribution in [2.24, 2.45) is 0 Å². The van der Waals surface area contributed by atoms with Crippen LogP contribution in [0.5, 0.6) is 0 Å². The molecule has 1 aromatic carbocycles.